The third kappa shape index (κ3) is 3.18. The molecule has 0 saturated heterocycles. The van der Waals surface area contributed by atoms with Gasteiger partial charge in [-0.25, -0.2) is 0 Å². The zero-order chi connectivity index (χ0) is 18.1. The van der Waals surface area contributed by atoms with Crippen molar-refractivity contribution in [2.24, 2.45) is 0 Å². The minimum atomic E-state index is -0.391. The van der Waals surface area contributed by atoms with E-state index < -0.39 is 6.10 Å². The Kier molecular flexibility index (Phi) is 4.61. The fourth-order valence-electron chi connectivity index (χ4n) is 3.46. The largest absolute Gasteiger partial charge is 0.507 e. The van der Waals surface area contributed by atoms with Crippen LogP contribution in [0, 0.1) is 0 Å². The lowest BCUT2D eigenvalue weighted by atomic mass is 9.92. The second kappa shape index (κ2) is 7.05. The van der Waals surface area contributed by atoms with Crippen LogP contribution >= 0.6 is 11.6 Å². The summed E-state index contributed by atoms with van der Waals surface area (Å²) in [7, 11) is 0. The quantitative estimate of drug-likeness (QED) is 0.650. The van der Waals surface area contributed by atoms with E-state index in [9.17, 15) is 10.2 Å². The third-order valence-corrected chi connectivity index (χ3v) is 5.08. The van der Waals surface area contributed by atoms with Crippen LogP contribution in [0.3, 0.4) is 0 Å². The molecule has 26 heavy (non-hydrogen) atoms. The van der Waals surface area contributed by atoms with Gasteiger partial charge in [0.1, 0.15) is 11.4 Å². The van der Waals surface area contributed by atoms with E-state index in [0.29, 0.717) is 22.1 Å². The summed E-state index contributed by atoms with van der Waals surface area (Å²) in [5.74, 6) is 0.643. The van der Waals surface area contributed by atoms with Crippen LogP contribution in [-0.2, 0) is 0 Å². The molecule has 1 aliphatic carbocycles. The van der Waals surface area contributed by atoms with Gasteiger partial charge in [0.25, 0.3) is 0 Å². The molecule has 3 aromatic rings. The number of halogens is 1. The van der Waals surface area contributed by atoms with Crippen LogP contribution in [0.25, 0.3) is 22.0 Å². The van der Waals surface area contributed by atoms with Gasteiger partial charge in [-0.15, -0.1) is 10.2 Å². The lowest BCUT2D eigenvalue weighted by molar-refractivity contribution is 0.116. The number of benzene rings is 1. The summed E-state index contributed by atoms with van der Waals surface area (Å²) < 4.78 is 0. The summed E-state index contributed by atoms with van der Waals surface area (Å²) in [6.07, 6.45) is 6.81. The molecule has 0 radical (unpaired) electrons. The van der Waals surface area contributed by atoms with Crippen LogP contribution in [0.2, 0.25) is 5.02 Å². The fraction of sp³-hybridized carbons (Fsp3) is 0.316. The Bertz CT molecular complexity index is 950. The molecule has 1 fully saturated rings. The van der Waals surface area contributed by atoms with E-state index in [2.05, 4.69) is 20.5 Å². The molecule has 1 aliphatic rings. The molecule has 134 valence electrons. The number of aliphatic hydroxyl groups is 1. The molecule has 0 aliphatic heterocycles. The van der Waals surface area contributed by atoms with Gasteiger partial charge in [0.05, 0.1) is 12.1 Å². The summed E-state index contributed by atoms with van der Waals surface area (Å²) >= 11 is 5.93. The van der Waals surface area contributed by atoms with E-state index >= 15 is 0 Å². The normalized spacial score (nSPS) is 20.2. The molecule has 1 saturated carbocycles. The third-order valence-electron chi connectivity index (χ3n) is 4.85. The van der Waals surface area contributed by atoms with Crippen molar-refractivity contribution >= 4 is 28.2 Å². The smallest absolute Gasteiger partial charge is 0.158 e. The number of phenols is 1. The maximum Gasteiger partial charge on any atom is 0.158 e. The molecule has 2 heterocycles. The second-order valence-corrected chi connectivity index (χ2v) is 7.02. The Morgan fingerprint density at radius 1 is 1.08 bits per heavy atom. The fourth-order valence-corrected chi connectivity index (χ4v) is 3.63. The number of pyridine rings is 1. The first kappa shape index (κ1) is 17.0. The molecule has 7 heteroatoms. The van der Waals surface area contributed by atoms with Crippen LogP contribution in [0.15, 0.2) is 36.7 Å². The van der Waals surface area contributed by atoms with Gasteiger partial charge in [-0.05, 0) is 37.1 Å². The van der Waals surface area contributed by atoms with Crippen LogP contribution in [0.5, 0.6) is 5.75 Å². The number of anilines is 1. The van der Waals surface area contributed by atoms with Crippen LogP contribution in [-0.4, -0.2) is 37.5 Å². The maximum atomic E-state index is 10.3. The first-order chi connectivity index (χ1) is 12.6. The van der Waals surface area contributed by atoms with Crippen molar-refractivity contribution < 1.29 is 10.2 Å². The number of phenolic OH excluding ortho intramolecular Hbond substituents is 1. The Hall–Kier alpha value is -2.44. The minimum Gasteiger partial charge on any atom is -0.507 e. The second-order valence-electron chi connectivity index (χ2n) is 6.58. The highest BCUT2D eigenvalue weighted by atomic mass is 35.5. The van der Waals surface area contributed by atoms with Crippen molar-refractivity contribution in [3.8, 4) is 17.0 Å². The van der Waals surface area contributed by atoms with Gasteiger partial charge < -0.3 is 15.5 Å². The number of rotatable bonds is 3. The van der Waals surface area contributed by atoms with E-state index in [1.807, 2.05) is 6.07 Å². The van der Waals surface area contributed by atoms with Gasteiger partial charge in [-0.2, -0.15) is 0 Å². The van der Waals surface area contributed by atoms with E-state index in [1.165, 1.54) is 6.07 Å². The van der Waals surface area contributed by atoms with E-state index in [1.54, 1.807) is 24.5 Å². The van der Waals surface area contributed by atoms with Gasteiger partial charge in [0, 0.05) is 33.8 Å². The van der Waals surface area contributed by atoms with Gasteiger partial charge in [0.2, 0.25) is 0 Å². The molecule has 2 atom stereocenters. The van der Waals surface area contributed by atoms with Crippen LogP contribution < -0.4 is 5.32 Å². The molecule has 3 N–H and O–H groups in total. The predicted octanol–water partition coefficient (Wildman–Crippen LogP) is 3.77. The number of hydrogen-bond acceptors (Lipinski definition) is 6. The summed E-state index contributed by atoms with van der Waals surface area (Å²) in [5.41, 5.74) is 1.12. The monoisotopic (exact) mass is 370 g/mol. The van der Waals surface area contributed by atoms with Gasteiger partial charge >= 0.3 is 0 Å². The van der Waals surface area contributed by atoms with Crippen molar-refractivity contribution in [2.75, 3.05) is 5.32 Å². The van der Waals surface area contributed by atoms with Crippen molar-refractivity contribution in [3.63, 3.8) is 0 Å². The number of hydrogen-bond donors (Lipinski definition) is 3. The Morgan fingerprint density at radius 3 is 2.73 bits per heavy atom. The standard InChI is InChI=1S/C19H19ClN4O2/c20-11-5-6-13(17(26)9-11)18-12-7-8-21-10-14(12)19(24-23-18)22-15-3-1-2-4-16(15)25/h5-10,15-16,25-26H,1-4H2,(H,22,24)/t15-,16+/m0/s1. The van der Waals surface area contributed by atoms with Gasteiger partial charge in [-0.1, -0.05) is 24.4 Å². The molecule has 1 aromatic carbocycles. The summed E-state index contributed by atoms with van der Waals surface area (Å²) in [6, 6.07) is 6.71. The molecule has 6 nitrogen and oxygen atoms in total. The Morgan fingerprint density at radius 2 is 1.92 bits per heavy atom. The average molecular weight is 371 g/mol. The lowest BCUT2D eigenvalue weighted by Crippen LogP contribution is -2.36. The zero-order valence-electron chi connectivity index (χ0n) is 14.1. The highest BCUT2D eigenvalue weighted by Crippen LogP contribution is 2.36. The Balaban J connectivity index is 1.78. The predicted molar refractivity (Wildman–Crippen MR) is 101 cm³/mol. The van der Waals surface area contributed by atoms with Gasteiger partial charge in [-0.3, -0.25) is 4.98 Å². The van der Waals surface area contributed by atoms with E-state index in [4.69, 9.17) is 11.6 Å². The summed E-state index contributed by atoms with van der Waals surface area (Å²) in [6.45, 7) is 0. The number of aliphatic hydroxyl groups excluding tert-OH is 1. The highest BCUT2D eigenvalue weighted by Gasteiger charge is 2.24. The molecule has 0 amide bonds. The van der Waals surface area contributed by atoms with E-state index in [0.717, 1.165) is 36.5 Å². The first-order valence-corrected chi connectivity index (χ1v) is 9.05. The lowest BCUT2D eigenvalue weighted by Gasteiger charge is -2.29. The summed E-state index contributed by atoms with van der Waals surface area (Å²) in [4.78, 5) is 4.20. The number of aromatic hydroxyl groups is 1. The average Bonchev–Trinajstić information content (AvgIpc) is 2.64. The number of aromatic nitrogens is 3. The maximum absolute atomic E-state index is 10.3. The number of nitrogens with one attached hydrogen (secondary N) is 1. The Labute approximate surface area is 155 Å². The zero-order valence-corrected chi connectivity index (χ0v) is 14.8. The van der Waals surface area contributed by atoms with Crippen LogP contribution in [0.4, 0.5) is 5.82 Å². The topological polar surface area (TPSA) is 91.2 Å². The summed E-state index contributed by atoms with van der Waals surface area (Å²) in [5, 5.41) is 34.5. The molecular formula is C19H19ClN4O2. The van der Waals surface area contributed by atoms with Crippen molar-refractivity contribution in [2.45, 2.75) is 37.8 Å². The molecule has 0 spiro atoms. The first-order valence-electron chi connectivity index (χ1n) is 8.67. The van der Waals surface area contributed by atoms with Crippen LogP contribution in [0.1, 0.15) is 25.7 Å². The highest BCUT2D eigenvalue weighted by molar-refractivity contribution is 6.30. The molecule has 0 bridgehead atoms. The number of fused-ring (bicyclic) bond motifs is 1. The van der Waals surface area contributed by atoms with E-state index in [-0.39, 0.29) is 11.8 Å². The van der Waals surface area contributed by atoms with Crippen molar-refractivity contribution in [1.29, 1.82) is 0 Å². The molecule has 4 rings (SSSR count). The number of nitrogens with zero attached hydrogens (tertiary/aromatic N) is 3. The SMILES string of the molecule is Oc1cc(Cl)ccc1-c1nnc(N[C@H]2CCCC[C@H]2O)c2cnccc12. The molecule has 2 aromatic heterocycles. The minimum absolute atomic E-state index is 0.0451. The molecular weight excluding hydrogens is 352 g/mol. The van der Waals surface area contributed by atoms with Crippen molar-refractivity contribution in [3.05, 3.63) is 41.7 Å². The molecule has 0 unspecified atom stereocenters. The van der Waals surface area contributed by atoms with Crippen molar-refractivity contribution in [1.82, 2.24) is 15.2 Å². The van der Waals surface area contributed by atoms with Gasteiger partial charge in [0.15, 0.2) is 5.82 Å².